The maximum atomic E-state index is 4.02. The molecule has 2 aliphatic rings. The third-order valence-corrected chi connectivity index (χ3v) is 1.64. The summed E-state index contributed by atoms with van der Waals surface area (Å²) in [6.07, 6.45) is 11.8. The SMILES string of the molecule is C.C.C.C1=CC=C2C=NC=CC2C=1.[Sn]. The first-order chi connectivity index (χ1) is 4.97. The van der Waals surface area contributed by atoms with Gasteiger partial charge in [-0.2, -0.15) is 0 Å². The Bertz CT molecular complexity index is 291. The molecule has 0 saturated carbocycles. The van der Waals surface area contributed by atoms with Crippen molar-refractivity contribution in [1.29, 1.82) is 0 Å². The molecule has 1 aliphatic carbocycles. The van der Waals surface area contributed by atoms with E-state index in [0.717, 1.165) is 0 Å². The summed E-state index contributed by atoms with van der Waals surface area (Å²) >= 11 is 0. The summed E-state index contributed by atoms with van der Waals surface area (Å²) in [4.78, 5) is 4.02. The van der Waals surface area contributed by atoms with E-state index >= 15 is 0 Å². The van der Waals surface area contributed by atoms with Crippen molar-refractivity contribution >= 4 is 30.1 Å². The molecule has 76 valence electrons. The Hall–Kier alpha value is -0.531. The molecular formula is C12H19NSn. The number of fused-ring (bicyclic) bond motifs is 1. The number of hydrogen-bond donors (Lipinski definition) is 0. The van der Waals surface area contributed by atoms with Gasteiger partial charge in [-0.3, -0.25) is 4.99 Å². The quantitative estimate of drug-likeness (QED) is 0.480. The molecular weight excluding hydrogens is 277 g/mol. The van der Waals surface area contributed by atoms with Gasteiger partial charge >= 0.3 is 0 Å². The van der Waals surface area contributed by atoms with Crippen molar-refractivity contribution in [2.45, 2.75) is 22.3 Å². The van der Waals surface area contributed by atoms with Crippen LogP contribution < -0.4 is 0 Å². The van der Waals surface area contributed by atoms with Crippen LogP contribution in [-0.4, -0.2) is 30.1 Å². The zero-order valence-corrected chi connectivity index (χ0v) is 8.84. The van der Waals surface area contributed by atoms with Gasteiger partial charge in [-0.15, -0.1) is 5.73 Å². The fraction of sp³-hybridized carbons (Fsp3) is 0.333. The van der Waals surface area contributed by atoms with E-state index in [2.05, 4.69) is 16.8 Å². The van der Waals surface area contributed by atoms with Crippen molar-refractivity contribution in [2.75, 3.05) is 0 Å². The van der Waals surface area contributed by atoms with Crippen LogP contribution in [-0.2, 0) is 0 Å². The van der Waals surface area contributed by atoms with Gasteiger partial charge in [0.2, 0.25) is 0 Å². The summed E-state index contributed by atoms with van der Waals surface area (Å²) in [5.74, 6) is 0.419. The van der Waals surface area contributed by atoms with Gasteiger partial charge in [0.15, 0.2) is 0 Å². The van der Waals surface area contributed by atoms with Crippen LogP contribution in [0.3, 0.4) is 0 Å². The Kier molecular flexibility index (Phi) is 12.3. The summed E-state index contributed by atoms with van der Waals surface area (Å²) in [5.41, 5.74) is 4.30. The van der Waals surface area contributed by atoms with Gasteiger partial charge in [0.1, 0.15) is 0 Å². The van der Waals surface area contributed by atoms with Crippen molar-refractivity contribution in [3.8, 4) is 0 Å². The van der Waals surface area contributed by atoms with Gasteiger partial charge < -0.3 is 0 Å². The smallest absolute Gasteiger partial charge is 0.0309 e. The summed E-state index contributed by atoms with van der Waals surface area (Å²) in [7, 11) is 0. The summed E-state index contributed by atoms with van der Waals surface area (Å²) in [6.45, 7) is 0. The van der Waals surface area contributed by atoms with Gasteiger partial charge in [0.05, 0.1) is 0 Å². The molecule has 0 bridgehead atoms. The minimum Gasteiger partial charge on any atom is -0.265 e. The van der Waals surface area contributed by atoms with E-state index < -0.39 is 0 Å². The van der Waals surface area contributed by atoms with Gasteiger partial charge in [0.25, 0.3) is 0 Å². The average molecular weight is 296 g/mol. The van der Waals surface area contributed by atoms with E-state index in [1.807, 2.05) is 30.6 Å². The molecule has 0 spiro atoms. The Morgan fingerprint density at radius 2 is 1.93 bits per heavy atom. The Morgan fingerprint density at radius 3 is 2.57 bits per heavy atom. The molecule has 1 aliphatic heterocycles. The summed E-state index contributed by atoms with van der Waals surface area (Å²) in [5, 5.41) is 0. The molecule has 0 aromatic heterocycles. The molecule has 1 heterocycles. The topological polar surface area (TPSA) is 12.4 Å². The van der Waals surface area contributed by atoms with Gasteiger partial charge in [-0.25, -0.2) is 0 Å². The minimum absolute atomic E-state index is 0. The zero-order valence-electron chi connectivity index (χ0n) is 5.99. The second-order valence-electron chi connectivity index (χ2n) is 2.31. The number of rotatable bonds is 0. The van der Waals surface area contributed by atoms with Gasteiger partial charge in [0, 0.05) is 42.2 Å². The Labute approximate surface area is 105 Å². The van der Waals surface area contributed by atoms with E-state index in [1.165, 1.54) is 5.57 Å². The monoisotopic (exact) mass is 297 g/mol. The largest absolute Gasteiger partial charge is 0.265 e. The van der Waals surface area contributed by atoms with Crippen LogP contribution in [0.4, 0.5) is 0 Å². The van der Waals surface area contributed by atoms with Gasteiger partial charge in [-0.1, -0.05) is 28.4 Å². The molecule has 0 N–H and O–H groups in total. The second kappa shape index (κ2) is 9.04. The normalized spacial score (nSPS) is 18.9. The van der Waals surface area contributed by atoms with Crippen LogP contribution in [0.15, 0.2) is 46.8 Å². The van der Waals surface area contributed by atoms with E-state index in [4.69, 9.17) is 0 Å². The third kappa shape index (κ3) is 4.12. The van der Waals surface area contributed by atoms with Gasteiger partial charge in [-0.05, 0) is 23.8 Å². The zero-order chi connectivity index (χ0) is 6.81. The number of aliphatic imine (C=N–C) groups is 1. The molecule has 1 atom stereocenters. The first kappa shape index (κ1) is 19.1. The first-order valence-corrected chi connectivity index (χ1v) is 3.29. The molecule has 2 heteroatoms. The third-order valence-electron chi connectivity index (χ3n) is 1.64. The van der Waals surface area contributed by atoms with Crippen LogP contribution in [0.1, 0.15) is 22.3 Å². The standard InChI is InChI=1S/C9H7N.3CH4.Sn/c1-2-4-9-7-10-6-5-8(9)3-1;;;;/h2-8H;3*1H4;. The van der Waals surface area contributed by atoms with Crippen molar-refractivity contribution in [3.63, 3.8) is 0 Å². The second-order valence-corrected chi connectivity index (χ2v) is 2.31. The molecule has 0 aromatic rings. The van der Waals surface area contributed by atoms with Crippen LogP contribution >= 0.6 is 0 Å². The molecule has 14 heavy (non-hydrogen) atoms. The van der Waals surface area contributed by atoms with Crippen LogP contribution in [0.2, 0.25) is 0 Å². The predicted molar refractivity (Wildman–Crippen MR) is 67.8 cm³/mol. The predicted octanol–water partition coefficient (Wildman–Crippen LogP) is 3.38. The van der Waals surface area contributed by atoms with Crippen molar-refractivity contribution in [2.24, 2.45) is 10.9 Å². The molecule has 1 nitrogen and oxygen atoms in total. The number of allylic oxidation sites excluding steroid dienone is 4. The molecule has 0 amide bonds. The first-order valence-electron chi connectivity index (χ1n) is 3.29. The molecule has 2 rings (SSSR count). The van der Waals surface area contributed by atoms with Crippen LogP contribution in [0.5, 0.6) is 0 Å². The minimum atomic E-state index is 0. The maximum absolute atomic E-state index is 4.02. The summed E-state index contributed by atoms with van der Waals surface area (Å²) in [6, 6.07) is 0. The van der Waals surface area contributed by atoms with Crippen molar-refractivity contribution in [3.05, 3.63) is 41.8 Å². The van der Waals surface area contributed by atoms with Crippen LogP contribution in [0, 0.1) is 5.92 Å². The molecule has 0 aromatic carbocycles. The average Bonchev–Trinajstić information content (AvgIpc) is 2.05. The molecule has 0 saturated heterocycles. The fourth-order valence-electron chi connectivity index (χ4n) is 1.08. The molecule has 1 unspecified atom stereocenters. The van der Waals surface area contributed by atoms with E-state index in [0.29, 0.717) is 5.92 Å². The van der Waals surface area contributed by atoms with E-state index in [-0.39, 0.29) is 46.2 Å². The fourth-order valence-corrected chi connectivity index (χ4v) is 1.08. The van der Waals surface area contributed by atoms with Crippen molar-refractivity contribution < 1.29 is 0 Å². The summed E-state index contributed by atoms with van der Waals surface area (Å²) < 4.78 is 0. The van der Waals surface area contributed by atoms with E-state index in [9.17, 15) is 0 Å². The maximum Gasteiger partial charge on any atom is 0.0309 e. The van der Waals surface area contributed by atoms with E-state index in [1.54, 1.807) is 0 Å². The van der Waals surface area contributed by atoms with Crippen molar-refractivity contribution in [1.82, 2.24) is 0 Å². The Balaban J connectivity index is -0.000000302. The Morgan fingerprint density at radius 1 is 1.21 bits per heavy atom. The number of nitrogens with zero attached hydrogens (tertiary/aromatic N) is 1. The molecule has 4 radical (unpaired) electrons. The molecule has 0 fully saturated rings. The van der Waals surface area contributed by atoms with Crippen LogP contribution in [0.25, 0.3) is 0 Å². The number of hydrogen-bond acceptors (Lipinski definition) is 1.